The van der Waals surface area contributed by atoms with Crippen LogP contribution in [0, 0.1) is 5.92 Å². The zero-order valence-corrected chi connectivity index (χ0v) is 12.9. The molecule has 0 aliphatic rings. The zero-order valence-electron chi connectivity index (χ0n) is 12.9. The Morgan fingerprint density at radius 2 is 1.73 bits per heavy atom. The van der Waals surface area contributed by atoms with E-state index in [0.29, 0.717) is 0 Å². The van der Waals surface area contributed by atoms with Gasteiger partial charge in [0, 0.05) is 0 Å². The largest absolute Gasteiger partial charge is 0.499 e. The third kappa shape index (κ3) is 5.47. The molecule has 1 rings (SSSR count). The van der Waals surface area contributed by atoms with E-state index in [-0.39, 0.29) is 19.1 Å². The van der Waals surface area contributed by atoms with E-state index in [2.05, 4.69) is 4.74 Å². The maximum absolute atomic E-state index is 11.7. The van der Waals surface area contributed by atoms with Gasteiger partial charge in [0.05, 0.1) is 13.7 Å². The Labute approximate surface area is 129 Å². The number of rotatable bonds is 7. The van der Waals surface area contributed by atoms with Crippen LogP contribution in [0.4, 0.5) is 0 Å². The predicted octanol–water partition coefficient (Wildman–Crippen LogP) is 2.35. The van der Waals surface area contributed by atoms with Crippen LogP contribution in [0.15, 0.2) is 41.9 Å². The molecule has 0 fully saturated rings. The van der Waals surface area contributed by atoms with Crippen molar-refractivity contribution < 1.29 is 28.9 Å². The topological polar surface area (TPSA) is 82.1 Å². The fourth-order valence-corrected chi connectivity index (χ4v) is 1.45. The van der Waals surface area contributed by atoms with Crippen molar-refractivity contribution in [3.63, 3.8) is 0 Å². The molecule has 22 heavy (non-hydrogen) atoms. The SMILES string of the molecule is COC(=O)/C(OCc1ccccc1)=C(\O)C(=O)OCC(C)C. The van der Waals surface area contributed by atoms with Gasteiger partial charge in [0.15, 0.2) is 0 Å². The molecule has 0 unspecified atom stereocenters. The van der Waals surface area contributed by atoms with Crippen LogP contribution in [0.25, 0.3) is 0 Å². The lowest BCUT2D eigenvalue weighted by Gasteiger charge is -2.11. The number of benzene rings is 1. The molecule has 1 aromatic carbocycles. The minimum Gasteiger partial charge on any atom is -0.499 e. The van der Waals surface area contributed by atoms with E-state index in [0.717, 1.165) is 12.7 Å². The summed E-state index contributed by atoms with van der Waals surface area (Å²) in [6.07, 6.45) is 0. The Bertz CT molecular complexity index is 533. The van der Waals surface area contributed by atoms with E-state index in [4.69, 9.17) is 9.47 Å². The van der Waals surface area contributed by atoms with Crippen molar-refractivity contribution in [1.29, 1.82) is 0 Å². The standard InChI is InChI=1S/C16H20O6/c1-11(2)9-22-15(18)13(17)14(16(19)20-3)21-10-12-7-5-4-6-8-12/h4-8,11,17H,9-10H2,1-3H3/b14-13+. The normalized spacial score (nSPS) is 11.6. The number of carbonyl (C=O) groups is 2. The summed E-state index contributed by atoms with van der Waals surface area (Å²) in [6.45, 7) is 3.82. The van der Waals surface area contributed by atoms with E-state index in [1.807, 2.05) is 19.9 Å². The average Bonchev–Trinajstić information content (AvgIpc) is 2.53. The minimum absolute atomic E-state index is 0.00674. The van der Waals surface area contributed by atoms with Crippen molar-refractivity contribution in [2.24, 2.45) is 5.92 Å². The molecule has 6 heteroatoms. The van der Waals surface area contributed by atoms with Crippen molar-refractivity contribution >= 4 is 11.9 Å². The van der Waals surface area contributed by atoms with E-state index < -0.39 is 23.5 Å². The summed E-state index contributed by atoms with van der Waals surface area (Å²) in [5.41, 5.74) is 0.771. The number of methoxy groups -OCH3 is 1. The summed E-state index contributed by atoms with van der Waals surface area (Å²) < 4.78 is 14.6. The van der Waals surface area contributed by atoms with Crippen LogP contribution in [0.2, 0.25) is 0 Å². The quantitative estimate of drug-likeness (QED) is 0.473. The molecule has 0 aliphatic carbocycles. The highest BCUT2D eigenvalue weighted by Gasteiger charge is 2.25. The third-order valence-electron chi connectivity index (χ3n) is 2.55. The Balaban J connectivity index is 2.84. The molecular formula is C16H20O6. The smallest absolute Gasteiger partial charge is 0.377 e. The van der Waals surface area contributed by atoms with Crippen LogP contribution >= 0.6 is 0 Å². The second kappa shape index (κ2) is 8.71. The number of hydrogen-bond acceptors (Lipinski definition) is 6. The average molecular weight is 308 g/mol. The van der Waals surface area contributed by atoms with Crippen molar-refractivity contribution in [2.45, 2.75) is 20.5 Å². The Kier molecular flexibility index (Phi) is 6.95. The molecule has 0 bridgehead atoms. The highest BCUT2D eigenvalue weighted by Crippen LogP contribution is 2.12. The van der Waals surface area contributed by atoms with Gasteiger partial charge in [0.2, 0.25) is 0 Å². The van der Waals surface area contributed by atoms with Gasteiger partial charge in [-0.15, -0.1) is 0 Å². The molecule has 6 nitrogen and oxygen atoms in total. The molecule has 0 aromatic heterocycles. The Morgan fingerprint density at radius 1 is 1.09 bits per heavy atom. The molecule has 120 valence electrons. The first kappa shape index (κ1) is 17.6. The van der Waals surface area contributed by atoms with Gasteiger partial charge in [-0.05, 0) is 11.5 Å². The molecule has 0 amide bonds. The van der Waals surface area contributed by atoms with Crippen molar-refractivity contribution in [3.8, 4) is 0 Å². The molecule has 0 radical (unpaired) electrons. The number of aliphatic hydroxyl groups excluding tert-OH is 1. The first-order valence-electron chi connectivity index (χ1n) is 6.81. The third-order valence-corrected chi connectivity index (χ3v) is 2.55. The fourth-order valence-electron chi connectivity index (χ4n) is 1.45. The van der Waals surface area contributed by atoms with E-state index >= 15 is 0 Å². The predicted molar refractivity (Wildman–Crippen MR) is 78.7 cm³/mol. The van der Waals surface area contributed by atoms with Gasteiger partial charge in [0.1, 0.15) is 6.61 Å². The second-order valence-electron chi connectivity index (χ2n) is 4.94. The maximum Gasteiger partial charge on any atom is 0.377 e. The van der Waals surface area contributed by atoms with E-state index in [9.17, 15) is 14.7 Å². The number of aliphatic hydroxyl groups is 1. The van der Waals surface area contributed by atoms with Gasteiger partial charge in [0.25, 0.3) is 11.5 Å². The number of esters is 2. The van der Waals surface area contributed by atoms with Crippen LogP contribution in [0.5, 0.6) is 0 Å². The number of carbonyl (C=O) groups excluding carboxylic acids is 2. The lowest BCUT2D eigenvalue weighted by Crippen LogP contribution is -2.19. The first-order chi connectivity index (χ1) is 10.5. The molecule has 0 aliphatic heterocycles. The van der Waals surface area contributed by atoms with Gasteiger partial charge >= 0.3 is 11.9 Å². The highest BCUT2D eigenvalue weighted by molar-refractivity contribution is 5.97. The molecule has 0 saturated heterocycles. The van der Waals surface area contributed by atoms with Gasteiger partial charge < -0.3 is 19.3 Å². The zero-order chi connectivity index (χ0) is 16.5. The van der Waals surface area contributed by atoms with Gasteiger partial charge in [-0.2, -0.15) is 0 Å². The minimum atomic E-state index is -1.03. The first-order valence-corrected chi connectivity index (χ1v) is 6.81. The van der Waals surface area contributed by atoms with Crippen molar-refractivity contribution in [3.05, 3.63) is 47.4 Å². The monoisotopic (exact) mass is 308 g/mol. The number of ether oxygens (including phenoxy) is 3. The molecular weight excluding hydrogens is 288 g/mol. The lowest BCUT2D eigenvalue weighted by molar-refractivity contribution is -0.147. The molecule has 0 saturated carbocycles. The number of hydrogen-bond donors (Lipinski definition) is 1. The summed E-state index contributed by atoms with van der Waals surface area (Å²) in [5, 5.41) is 9.85. The highest BCUT2D eigenvalue weighted by atomic mass is 16.6. The Morgan fingerprint density at radius 3 is 2.27 bits per heavy atom. The van der Waals surface area contributed by atoms with E-state index in [1.165, 1.54) is 0 Å². The summed E-state index contributed by atoms with van der Waals surface area (Å²) in [4.78, 5) is 23.3. The molecule has 0 spiro atoms. The van der Waals surface area contributed by atoms with Crippen LogP contribution in [-0.4, -0.2) is 30.8 Å². The summed E-state index contributed by atoms with van der Waals surface area (Å²) in [5.74, 6) is -3.34. The summed E-state index contributed by atoms with van der Waals surface area (Å²) in [7, 11) is 1.13. The van der Waals surface area contributed by atoms with Crippen molar-refractivity contribution in [1.82, 2.24) is 0 Å². The Hall–Kier alpha value is -2.50. The second-order valence-corrected chi connectivity index (χ2v) is 4.94. The van der Waals surface area contributed by atoms with Gasteiger partial charge in [-0.1, -0.05) is 44.2 Å². The van der Waals surface area contributed by atoms with Gasteiger partial charge in [-0.25, -0.2) is 9.59 Å². The molecule has 0 atom stereocenters. The van der Waals surface area contributed by atoms with E-state index in [1.54, 1.807) is 24.3 Å². The van der Waals surface area contributed by atoms with Crippen LogP contribution < -0.4 is 0 Å². The van der Waals surface area contributed by atoms with Crippen molar-refractivity contribution in [2.75, 3.05) is 13.7 Å². The maximum atomic E-state index is 11.7. The molecule has 0 heterocycles. The van der Waals surface area contributed by atoms with Crippen LogP contribution in [-0.2, 0) is 30.4 Å². The van der Waals surface area contributed by atoms with Crippen LogP contribution in [0.1, 0.15) is 19.4 Å². The fraction of sp³-hybridized carbons (Fsp3) is 0.375. The van der Waals surface area contributed by atoms with Crippen LogP contribution in [0.3, 0.4) is 0 Å². The lowest BCUT2D eigenvalue weighted by atomic mass is 10.2. The van der Waals surface area contributed by atoms with Gasteiger partial charge in [-0.3, -0.25) is 0 Å². The summed E-state index contributed by atoms with van der Waals surface area (Å²) >= 11 is 0. The molecule has 1 N–H and O–H groups in total. The molecule has 1 aromatic rings. The summed E-state index contributed by atoms with van der Waals surface area (Å²) in [6, 6.07) is 9.00.